The molecule has 1 atom stereocenters. The van der Waals surface area contributed by atoms with Gasteiger partial charge in [0, 0.05) is 13.0 Å². The Kier molecular flexibility index (Phi) is 5.80. The van der Waals surface area contributed by atoms with E-state index in [2.05, 4.69) is 35.0 Å². The molecule has 4 nitrogen and oxygen atoms in total. The molecule has 0 radical (unpaired) electrons. The van der Waals surface area contributed by atoms with Gasteiger partial charge in [-0.2, -0.15) is 5.26 Å². The molecule has 3 rings (SSSR count). The zero-order valence-electron chi connectivity index (χ0n) is 15.1. The maximum absolute atomic E-state index is 11.4. The molecule has 26 heavy (non-hydrogen) atoms. The summed E-state index contributed by atoms with van der Waals surface area (Å²) in [6, 6.07) is 17.9. The number of amidine groups is 1. The third-order valence-electron chi connectivity index (χ3n) is 4.77. The summed E-state index contributed by atoms with van der Waals surface area (Å²) in [6.45, 7) is 3.41. The third-order valence-corrected chi connectivity index (χ3v) is 4.77. The third kappa shape index (κ3) is 3.83. The van der Waals surface area contributed by atoms with Crippen molar-refractivity contribution >= 4 is 12.1 Å². The Bertz CT molecular complexity index is 833. The minimum absolute atomic E-state index is 0.152. The summed E-state index contributed by atoms with van der Waals surface area (Å²) >= 11 is 0. The second kappa shape index (κ2) is 8.44. The molecule has 1 aliphatic heterocycles. The van der Waals surface area contributed by atoms with Gasteiger partial charge in [-0.25, -0.2) is 0 Å². The lowest BCUT2D eigenvalue weighted by atomic mass is 9.99. The summed E-state index contributed by atoms with van der Waals surface area (Å²) in [6.07, 6.45) is 4.13. The Morgan fingerprint density at radius 3 is 2.69 bits per heavy atom. The lowest BCUT2D eigenvalue weighted by Crippen LogP contribution is -2.37. The van der Waals surface area contributed by atoms with Crippen molar-refractivity contribution in [1.29, 1.82) is 5.26 Å². The van der Waals surface area contributed by atoms with Crippen molar-refractivity contribution in [2.24, 2.45) is 4.99 Å². The van der Waals surface area contributed by atoms with Crippen LogP contribution in [-0.4, -0.2) is 29.6 Å². The fraction of sp³-hybridized carbons (Fsp3) is 0.318. The zero-order chi connectivity index (χ0) is 18.4. The quantitative estimate of drug-likeness (QED) is 0.707. The molecule has 0 saturated heterocycles. The van der Waals surface area contributed by atoms with Crippen LogP contribution in [0.5, 0.6) is 0 Å². The molecule has 2 aromatic rings. The maximum Gasteiger partial charge on any atom is 0.144 e. The van der Waals surface area contributed by atoms with E-state index < -0.39 is 0 Å². The summed E-state index contributed by atoms with van der Waals surface area (Å²) < 4.78 is 0. The number of unbranched alkanes of at least 4 members (excludes halogenated alkanes) is 1. The Balaban J connectivity index is 1.77. The van der Waals surface area contributed by atoms with Crippen LogP contribution in [-0.2, 0) is 11.3 Å². The molecular weight excluding hydrogens is 322 g/mol. The monoisotopic (exact) mass is 345 g/mol. The van der Waals surface area contributed by atoms with Crippen LogP contribution in [0.4, 0.5) is 0 Å². The molecule has 4 heteroatoms. The van der Waals surface area contributed by atoms with Crippen molar-refractivity contribution in [1.82, 2.24) is 4.90 Å². The minimum atomic E-state index is -0.152. The van der Waals surface area contributed by atoms with Crippen LogP contribution in [0.1, 0.15) is 37.3 Å². The molecular formula is C22H23N3O. The number of carbonyl (C=O) groups is 1. The molecule has 0 aromatic heterocycles. The van der Waals surface area contributed by atoms with Crippen molar-refractivity contribution < 1.29 is 4.79 Å². The number of rotatable bonds is 7. The Labute approximate surface area is 154 Å². The summed E-state index contributed by atoms with van der Waals surface area (Å²) in [5.41, 5.74) is 3.79. The second-order valence-corrected chi connectivity index (χ2v) is 6.55. The van der Waals surface area contributed by atoms with Crippen LogP contribution >= 0.6 is 0 Å². The predicted molar refractivity (Wildman–Crippen MR) is 104 cm³/mol. The van der Waals surface area contributed by atoms with Gasteiger partial charge in [0.15, 0.2) is 0 Å². The highest BCUT2D eigenvalue weighted by Crippen LogP contribution is 2.25. The molecule has 0 bridgehead atoms. The van der Waals surface area contributed by atoms with Crippen LogP contribution < -0.4 is 0 Å². The van der Waals surface area contributed by atoms with E-state index in [1.165, 1.54) is 0 Å². The van der Waals surface area contributed by atoms with Gasteiger partial charge in [0.2, 0.25) is 0 Å². The van der Waals surface area contributed by atoms with E-state index in [0.717, 1.165) is 48.1 Å². The lowest BCUT2D eigenvalue weighted by Gasteiger charge is -2.25. The van der Waals surface area contributed by atoms with Gasteiger partial charge < -0.3 is 9.69 Å². The Morgan fingerprint density at radius 2 is 2.00 bits per heavy atom. The van der Waals surface area contributed by atoms with Gasteiger partial charge >= 0.3 is 0 Å². The summed E-state index contributed by atoms with van der Waals surface area (Å²) in [4.78, 5) is 18.1. The van der Waals surface area contributed by atoms with Crippen molar-refractivity contribution in [3.63, 3.8) is 0 Å². The smallest absolute Gasteiger partial charge is 0.144 e. The van der Waals surface area contributed by atoms with Crippen molar-refractivity contribution in [3.8, 4) is 17.2 Å². The molecule has 0 saturated carbocycles. The van der Waals surface area contributed by atoms with Gasteiger partial charge in [-0.3, -0.25) is 4.99 Å². The van der Waals surface area contributed by atoms with E-state index in [4.69, 9.17) is 0 Å². The number of aliphatic imine (C=N–C) groups is 1. The SMILES string of the molecule is CCCCC1=NCC(C=O)N1Cc1ccc(-c2ccccc2C#N)cc1. The maximum atomic E-state index is 11.4. The van der Waals surface area contributed by atoms with Gasteiger partial charge in [0.1, 0.15) is 12.3 Å². The first kappa shape index (κ1) is 17.9. The van der Waals surface area contributed by atoms with Gasteiger partial charge in [0.05, 0.1) is 24.0 Å². The molecule has 0 N–H and O–H groups in total. The van der Waals surface area contributed by atoms with Crippen molar-refractivity contribution in [2.75, 3.05) is 6.54 Å². The van der Waals surface area contributed by atoms with E-state index >= 15 is 0 Å². The van der Waals surface area contributed by atoms with Crippen LogP contribution in [0.15, 0.2) is 53.5 Å². The topological polar surface area (TPSA) is 56.5 Å². The number of benzene rings is 2. The summed E-state index contributed by atoms with van der Waals surface area (Å²) in [5, 5.41) is 9.28. The number of aldehydes is 1. The standard InChI is InChI=1S/C22H23N3O/c1-2-3-8-22-24-14-20(16-26)25(22)15-17-9-11-18(12-10-17)21-7-5-4-6-19(21)13-23/h4-7,9-12,16,20H,2-3,8,14-15H2,1H3. The number of nitrogens with zero attached hydrogens (tertiary/aromatic N) is 3. The molecule has 1 unspecified atom stereocenters. The number of hydrogen-bond acceptors (Lipinski definition) is 4. The molecule has 0 fully saturated rings. The highest BCUT2D eigenvalue weighted by atomic mass is 16.1. The second-order valence-electron chi connectivity index (χ2n) is 6.55. The summed E-state index contributed by atoms with van der Waals surface area (Å²) in [7, 11) is 0. The first-order valence-corrected chi connectivity index (χ1v) is 9.10. The molecule has 1 heterocycles. The van der Waals surface area contributed by atoms with Crippen molar-refractivity contribution in [3.05, 3.63) is 59.7 Å². The van der Waals surface area contributed by atoms with Gasteiger partial charge in [-0.15, -0.1) is 0 Å². The van der Waals surface area contributed by atoms with Crippen LogP contribution in [0.2, 0.25) is 0 Å². The number of carbonyl (C=O) groups excluding carboxylic acids is 1. The summed E-state index contributed by atoms with van der Waals surface area (Å²) in [5.74, 6) is 1.04. The molecule has 0 aliphatic carbocycles. The molecule has 0 amide bonds. The van der Waals surface area contributed by atoms with E-state index in [0.29, 0.717) is 18.7 Å². The van der Waals surface area contributed by atoms with Crippen LogP contribution in [0.25, 0.3) is 11.1 Å². The fourth-order valence-corrected chi connectivity index (χ4v) is 3.28. The average Bonchev–Trinajstić information content (AvgIpc) is 3.08. The highest BCUT2D eigenvalue weighted by molar-refractivity contribution is 5.87. The Hall–Kier alpha value is -2.93. The van der Waals surface area contributed by atoms with E-state index in [9.17, 15) is 10.1 Å². The minimum Gasteiger partial charge on any atom is -0.344 e. The van der Waals surface area contributed by atoms with Crippen molar-refractivity contribution in [2.45, 2.75) is 38.8 Å². The first-order chi connectivity index (χ1) is 12.8. The van der Waals surface area contributed by atoms with E-state index in [1.54, 1.807) is 0 Å². The van der Waals surface area contributed by atoms with Crippen LogP contribution in [0, 0.1) is 11.3 Å². The molecule has 1 aliphatic rings. The Morgan fingerprint density at radius 1 is 1.23 bits per heavy atom. The lowest BCUT2D eigenvalue weighted by molar-refractivity contribution is -0.110. The zero-order valence-corrected chi connectivity index (χ0v) is 15.1. The van der Waals surface area contributed by atoms with Crippen LogP contribution in [0.3, 0.4) is 0 Å². The molecule has 2 aromatic carbocycles. The fourth-order valence-electron chi connectivity index (χ4n) is 3.28. The largest absolute Gasteiger partial charge is 0.344 e. The van der Waals surface area contributed by atoms with E-state index in [1.807, 2.05) is 36.4 Å². The number of nitriles is 1. The highest BCUT2D eigenvalue weighted by Gasteiger charge is 2.26. The van der Waals surface area contributed by atoms with Gasteiger partial charge in [-0.1, -0.05) is 55.8 Å². The van der Waals surface area contributed by atoms with Gasteiger partial charge in [-0.05, 0) is 29.2 Å². The number of hydrogen-bond donors (Lipinski definition) is 0. The average molecular weight is 345 g/mol. The molecule has 132 valence electrons. The van der Waals surface area contributed by atoms with Gasteiger partial charge in [0.25, 0.3) is 0 Å². The van der Waals surface area contributed by atoms with E-state index in [-0.39, 0.29) is 6.04 Å². The normalized spacial score (nSPS) is 16.2. The predicted octanol–water partition coefficient (Wildman–Crippen LogP) is 4.20. The molecule has 0 spiro atoms. The first-order valence-electron chi connectivity index (χ1n) is 9.10.